The molecule has 0 unspecified atom stereocenters. The van der Waals surface area contributed by atoms with Crippen molar-refractivity contribution in [3.63, 3.8) is 0 Å². The van der Waals surface area contributed by atoms with E-state index in [9.17, 15) is 4.79 Å². The molecule has 0 aliphatic heterocycles. The number of thiazole rings is 1. The Bertz CT molecular complexity index is 484. The predicted octanol–water partition coefficient (Wildman–Crippen LogP) is 1.64. The molecule has 1 aromatic heterocycles. The summed E-state index contributed by atoms with van der Waals surface area (Å²) in [6.45, 7) is 7.69. The van der Waals surface area contributed by atoms with Gasteiger partial charge >= 0.3 is 0 Å². The molecule has 1 rings (SSSR count). The quantitative estimate of drug-likeness (QED) is 0.800. The molecule has 0 spiro atoms. The summed E-state index contributed by atoms with van der Waals surface area (Å²) < 4.78 is 0. The van der Waals surface area contributed by atoms with Crippen LogP contribution in [0.5, 0.6) is 0 Å². The topological polar surface area (TPSA) is 74.5 Å². The normalized spacial score (nSPS) is 11.8. The molecule has 0 aliphatic carbocycles. The molecule has 0 fully saturated rings. The first kappa shape index (κ1) is 17.7. The first-order chi connectivity index (χ1) is 9.69. The fourth-order valence-corrected chi connectivity index (χ4v) is 2.50. The van der Waals surface area contributed by atoms with E-state index in [0.29, 0.717) is 17.2 Å². The molecule has 3 N–H and O–H groups in total. The van der Waals surface area contributed by atoms with Gasteiger partial charge in [-0.15, -0.1) is 0 Å². The van der Waals surface area contributed by atoms with Crippen LogP contribution in [0.1, 0.15) is 36.9 Å². The molecular weight excluding hydrogens is 286 g/mol. The second-order valence-corrected chi connectivity index (χ2v) is 7.00. The Balaban J connectivity index is 2.75. The number of rotatable bonds is 7. The molecule has 1 aromatic rings. The van der Waals surface area contributed by atoms with Crippen molar-refractivity contribution in [1.82, 2.24) is 15.2 Å². The Morgan fingerprint density at radius 2 is 2.00 bits per heavy atom. The van der Waals surface area contributed by atoms with Crippen LogP contribution in [0.2, 0.25) is 0 Å². The van der Waals surface area contributed by atoms with Crippen LogP contribution >= 0.6 is 11.3 Å². The molecule has 21 heavy (non-hydrogen) atoms. The maximum atomic E-state index is 12.3. The lowest BCUT2D eigenvalue weighted by Gasteiger charge is -2.32. The van der Waals surface area contributed by atoms with Crippen LogP contribution in [0.3, 0.4) is 0 Å². The van der Waals surface area contributed by atoms with Gasteiger partial charge in [-0.05, 0) is 34.4 Å². The number of hydrogen-bond donors (Lipinski definition) is 2. The number of nitrogens with two attached hydrogens (primary N) is 1. The number of carbonyl (C=O) groups excluding carboxylic acids is 1. The molecule has 1 heterocycles. The zero-order chi connectivity index (χ0) is 16.2. The van der Waals surface area contributed by atoms with E-state index in [-0.39, 0.29) is 11.4 Å². The average molecular weight is 313 g/mol. The Labute approximate surface area is 131 Å². The number of hydrogen-bond acceptors (Lipinski definition) is 6. The lowest BCUT2D eigenvalue weighted by Crippen LogP contribution is -2.48. The number of anilines is 2. The molecule has 0 aliphatic rings. The number of aromatic nitrogens is 1. The van der Waals surface area contributed by atoms with Crippen molar-refractivity contribution in [3.05, 3.63) is 4.88 Å². The molecule has 0 atom stereocenters. The molecule has 0 saturated heterocycles. The van der Waals surface area contributed by atoms with E-state index in [1.54, 1.807) is 0 Å². The largest absolute Gasteiger partial charge is 0.382 e. The van der Waals surface area contributed by atoms with Gasteiger partial charge in [-0.3, -0.25) is 4.79 Å². The maximum Gasteiger partial charge on any atom is 0.265 e. The molecule has 0 radical (unpaired) electrons. The Morgan fingerprint density at radius 3 is 2.52 bits per heavy atom. The summed E-state index contributed by atoms with van der Waals surface area (Å²) in [5.74, 6) is 0.147. The maximum absolute atomic E-state index is 12.3. The minimum atomic E-state index is -0.156. The van der Waals surface area contributed by atoms with Crippen LogP contribution in [0.25, 0.3) is 0 Å². The minimum Gasteiger partial charge on any atom is -0.382 e. The summed E-state index contributed by atoms with van der Waals surface area (Å²) in [5, 5.41) is 3.72. The Morgan fingerprint density at radius 1 is 1.38 bits per heavy atom. The van der Waals surface area contributed by atoms with Gasteiger partial charge in [0.1, 0.15) is 10.7 Å². The second kappa shape index (κ2) is 7.09. The molecule has 0 saturated carbocycles. The number of amides is 1. The SMILES string of the molecule is CCCN(C)c1nc(N)c(C(=O)NCC(C)(C)N(C)C)s1. The summed E-state index contributed by atoms with van der Waals surface area (Å²) in [5.41, 5.74) is 5.76. The molecule has 120 valence electrons. The fraction of sp³-hybridized carbons (Fsp3) is 0.714. The van der Waals surface area contributed by atoms with Crippen molar-refractivity contribution in [2.24, 2.45) is 0 Å². The van der Waals surface area contributed by atoms with E-state index in [1.165, 1.54) is 11.3 Å². The smallest absolute Gasteiger partial charge is 0.265 e. The van der Waals surface area contributed by atoms with Crippen LogP contribution < -0.4 is 16.0 Å². The highest BCUT2D eigenvalue weighted by atomic mass is 32.1. The lowest BCUT2D eigenvalue weighted by molar-refractivity contribution is 0.0924. The molecule has 0 bridgehead atoms. The van der Waals surface area contributed by atoms with Gasteiger partial charge in [-0.25, -0.2) is 4.98 Å². The zero-order valence-electron chi connectivity index (χ0n) is 13.9. The molecule has 1 amide bonds. The van der Waals surface area contributed by atoms with Crippen LogP contribution in [0, 0.1) is 0 Å². The molecule has 0 aromatic carbocycles. The van der Waals surface area contributed by atoms with E-state index in [0.717, 1.165) is 18.1 Å². The van der Waals surface area contributed by atoms with Gasteiger partial charge in [0.2, 0.25) is 0 Å². The van der Waals surface area contributed by atoms with E-state index in [2.05, 4.69) is 36.0 Å². The standard InChI is InChI=1S/C14H27N5OS/c1-7-8-19(6)13-17-11(15)10(21-13)12(20)16-9-14(2,3)18(4)5/h7-9,15H2,1-6H3,(H,16,20). The minimum absolute atomic E-state index is 0.114. The van der Waals surface area contributed by atoms with Crippen LogP contribution in [-0.4, -0.2) is 55.6 Å². The average Bonchev–Trinajstić information content (AvgIpc) is 2.78. The van der Waals surface area contributed by atoms with Crippen LogP contribution in [0.15, 0.2) is 0 Å². The highest BCUT2D eigenvalue weighted by molar-refractivity contribution is 7.18. The second-order valence-electron chi connectivity index (χ2n) is 6.02. The van der Waals surface area contributed by atoms with Gasteiger partial charge in [0.15, 0.2) is 5.13 Å². The third kappa shape index (κ3) is 4.57. The van der Waals surface area contributed by atoms with E-state index in [1.807, 2.05) is 26.0 Å². The monoisotopic (exact) mass is 313 g/mol. The summed E-state index contributed by atoms with van der Waals surface area (Å²) in [6, 6.07) is 0. The number of nitrogens with one attached hydrogen (secondary N) is 1. The van der Waals surface area contributed by atoms with Crippen molar-refractivity contribution >= 4 is 28.2 Å². The van der Waals surface area contributed by atoms with Gasteiger partial charge < -0.3 is 20.9 Å². The van der Waals surface area contributed by atoms with Gasteiger partial charge in [0.25, 0.3) is 5.91 Å². The Hall–Kier alpha value is -1.34. The number of likely N-dealkylation sites (N-methyl/N-ethyl adjacent to an activating group) is 1. The molecule has 7 heteroatoms. The zero-order valence-corrected chi connectivity index (χ0v) is 14.7. The van der Waals surface area contributed by atoms with Gasteiger partial charge in [-0.1, -0.05) is 18.3 Å². The summed E-state index contributed by atoms with van der Waals surface area (Å²) in [7, 11) is 5.94. The first-order valence-electron chi connectivity index (χ1n) is 7.12. The summed E-state index contributed by atoms with van der Waals surface area (Å²) >= 11 is 1.34. The van der Waals surface area contributed by atoms with Crippen molar-refractivity contribution in [2.45, 2.75) is 32.7 Å². The van der Waals surface area contributed by atoms with Gasteiger partial charge in [0.05, 0.1) is 0 Å². The first-order valence-corrected chi connectivity index (χ1v) is 7.93. The van der Waals surface area contributed by atoms with Crippen molar-refractivity contribution in [3.8, 4) is 0 Å². The van der Waals surface area contributed by atoms with E-state index >= 15 is 0 Å². The van der Waals surface area contributed by atoms with Gasteiger partial charge in [0, 0.05) is 25.7 Å². The highest BCUT2D eigenvalue weighted by Gasteiger charge is 2.23. The number of nitrogens with zero attached hydrogens (tertiary/aromatic N) is 3. The van der Waals surface area contributed by atoms with Crippen LogP contribution in [0.4, 0.5) is 10.9 Å². The third-order valence-corrected chi connectivity index (χ3v) is 4.81. The van der Waals surface area contributed by atoms with Crippen molar-refractivity contribution in [1.29, 1.82) is 0 Å². The van der Waals surface area contributed by atoms with Crippen molar-refractivity contribution < 1.29 is 4.79 Å². The van der Waals surface area contributed by atoms with E-state index < -0.39 is 0 Å². The lowest BCUT2D eigenvalue weighted by atomic mass is 10.0. The number of carbonyl (C=O) groups is 1. The molecular formula is C14H27N5OS. The highest BCUT2D eigenvalue weighted by Crippen LogP contribution is 2.27. The fourth-order valence-electron chi connectivity index (χ4n) is 1.61. The van der Waals surface area contributed by atoms with Gasteiger partial charge in [-0.2, -0.15) is 0 Å². The van der Waals surface area contributed by atoms with E-state index in [4.69, 9.17) is 5.73 Å². The summed E-state index contributed by atoms with van der Waals surface area (Å²) in [4.78, 5) is 21.1. The van der Waals surface area contributed by atoms with Crippen LogP contribution in [-0.2, 0) is 0 Å². The van der Waals surface area contributed by atoms with Crippen molar-refractivity contribution in [2.75, 3.05) is 44.9 Å². The number of nitrogen functional groups attached to an aromatic ring is 1. The molecule has 6 nitrogen and oxygen atoms in total. The third-order valence-electron chi connectivity index (χ3n) is 3.63. The Kier molecular flexibility index (Phi) is 5.98. The predicted molar refractivity (Wildman–Crippen MR) is 90.2 cm³/mol. The summed E-state index contributed by atoms with van der Waals surface area (Å²) in [6.07, 6.45) is 1.02.